The van der Waals surface area contributed by atoms with Crippen molar-refractivity contribution in [1.29, 1.82) is 0 Å². The summed E-state index contributed by atoms with van der Waals surface area (Å²) in [5.74, 6) is 0.920. The lowest BCUT2D eigenvalue weighted by Gasteiger charge is -2.22. The molecule has 0 spiro atoms. The Labute approximate surface area is 168 Å². The molecule has 144 valence electrons. The third kappa shape index (κ3) is 3.87. The van der Waals surface area contributed by atoms with E-state index in [9.17, 15) is 4.79 Å². The zero-order valence-electron chi connectivity index (χ0n) is 15.6. The summed E-state index contributed by atoms with van der Waals surface area (Å²) in [6.07, 6.45) is 2.65. The van der Waals surface area contributed by atoms with Gasteiger partial charge in [0.15, 0.2) is 0 Å². The normalized spacial score (nSPS) is 16.4. The first-order valence-corrected chi connectivity index (χ1v) is 9.78. The highest BCUT2D eigenvalue weighted by Crippen LogP contribution is 2.32. The second kappa shape index (κ2) is 8.02. The van der Waals surface area contributed by atoms with E-state index in [-0.39, 0.29) is 12.1 Å². The van der Waals surface area contributed by atoms with Crippen LogP contribution in [0.25, 0.3) is 11.4 Å². The minimum Gasteiger partial charge on any atom is -0.337 e. The number of urea groups is 1. The number of halogens is 1. The Morgan fingerprint density at radius 3 is 2.86 bits per heavy atom. The van der Waals surface area contributed by atoms with Gasteiger partial charge in [-0.2, -0.15) is 4.98 Å². The maximum Gasteiger partial charge on any atom is 0.322 e. The molecule has 1 saturated heterocycles. The van der Waals surface area contributed by atoms with Gasteiger partial charge in [-0.25, -0.2) is 4.79 Å². The van der Waals surface area contributed by atoms with Gasteiger partial charge >= 0.3 is 6.03 Å². The van der Waals surface area contributed by atoms with Gasteiger partial charge < -0.3 is 14.7 Å². The summed E-state index contributed by atoms with van der Waals surface area (Å²) in [5.41, 5.74) is 2.79. The van der Waals surface area contributed by atoms with Crippen molar-refractivity contribution in [2.24, 2.45) is 0 Å². The highest BCUT2D eigenvalue weighted by atomic mass is 35.5. The summed E-state index contributed by atoms with van der Waals surface area (Å²) in [5, 5.41) is 7.64. The van der Waals surface area contributed by atoms with E-state index < -0.39 is 0 Å². The van der Waals surface area contributed by atoms with Crippen LogP contribution in [-0.2, 0) is 6.42 Å². The van der Waals surface area contributed by atoms with Gasteiger partial charge in [-0.05, 0) is 49.1 Å². The van der Waals surface area contributed by atoms with Crippen LogP contribution in [0.3, 0.4) is 0 Å². The highest BCUT2D eigenvalue weighted by Gasteiger charge is 2.34. The molecular weight excluding hydrogens is 376 g/mol. The van der Waals surface area contributed by atoms with Crippen LogP contribution in [0.4, 0.5) is 10.5 Å². The molecule has 6 nitrogen and oxygen atoms in total. The lowest BCUT2D eigenvalue weighted by atomic mass is 10.1. The van der Waals surface area contributed by atoms with E-state index in [0.29, 0.717) is 23.3 Å². The number of aryl methyl sites for hydroxylation is 1. The van der Waals surface area contributed by atoms with Crippen LogP contribution in [0, 0.1) is 0 Å². The Bertz CT molecular complexity index is 971. The van der Waals surface area contributed by atoms with Crippen LogP contribution in [0.2, 0.25) is 5.02 Å². The van der Waals surface area contributed by atoms with Crippen LogP contribution in [0.1, 0.15) is 37.3 Å². The quantitative estimate of drug-likeness (QED) is 0.647. The van der Waals surface area contributed by atoms with Gasteiger partial charge in [0.2, 0.25) is 11.7 Å². The number of nitrogens with zero attached hydrogens (tertiary/aromatic N) is 3. The van der Waals surface area contributed by atoms with Gasteiger partial charge in [0, 0.05) is 22.8 Å². The molecular formula is C21H21ClN4O2. The number of carbonyl (C=O) groups is 1. The largest absolute Gasteiger partial charge is 0.337 e. The maximum absolute atomic E-state index is 12.8. The molecule has 2 aromatic carbocycles. The van der Waals surface area contributed by atoms with Gasteiger partial charge in [0.05, 0.1) is 0 Å². The minimum atomic E-state index is -0.227. The SMILES string of the molecule is CCc1ccc(NC(=O)N2CCCC2c2nc(-c3cccc(Cl)c3)no2)cc1. The van der Waals surface area contributed by atoms with Crippen LogP contribution < -0.4 is 5.32 Å². The first-order chi connectivity index (χ1) is 13.6. The zero-order chi connectivity index (χ0) is 19.5. The molecule has 7 heteroatoms. The predicted octanol–water partition coefficient (Wildman–Crippen LogP) is 5.32. The number of hydrogen-bond acceptors (Lipinski definition) is 4. The molecule has 2 heterocycles. The van der Waals surface area contributed by atoms with Gasteiger partial charge in [-0.1, -0.05) is 47.9 Å². The Balaban J connectivity index is 1.49. The maximum atomic E-state index is 12.8. The molecule has 0 bridgehead atoms. The van der Waals surface area contributed by atoms with Crippen molar-refractivity contribution in [3.63, 3.8) is 0 Å². The molecule has 4 rings (SSSR count). The van der Waals surface area contributed by atoms with Crippen molar-refractivity contribution < 1.29 is 9.32 Å². The van der Waals surface area contributed by atoms with Crippen LogP contribution >= 0.6 is 11.6 Å². The molecule has 0 aliphatic carbocycles. The fraction of sp³-hybridized carbons (Fsp3) is 0.286. The van der Waals surface area contributed by atoms with Gasteiger partial charge in [-0.15, -0.1) is 0 Å². The minimum absolute atomic E-state index is 0.158. The highest BCUT2D eigenvalue weighted by molar-refractivity contribution is 6.30. The molecule has 1 aromatic heterocycles. The number of benzene rings is 2. The standard InChI is InChI=1S/C21H21ClN4O2/c1-2-14-8-10-17(11-9-14)23-21(27)26-12-4-7-18(26)20-24-19(25-28-20)15-5-3-6-16(22)13-15/h3,5-6,8-11,13,18H,2,4,7,12H2,1H3,(H,23,27). The summed E-state index contributed by atoms with van der Waals surface area (Å²) < 4.78 is 5.48. The van der Waals surface area contributed by atoms with E-state index in [1.807, 2.05) is 36.4 Å². The second-order valence-electron chi connectivity index (χ2n) is 6.80. The monoisotopic (exact) mass is 396 g/mol. The van der Waals surface area contributed by atoms with E-state index >= 15 is 0 Å². The summed E-state index contributed by atoms with van der Waals surface area (Å²) in [6.45, 7) is 2.75. The molecule has 1 unspecified atom stereocenters. The van der Waals surface area contributed by atoms with Crippen molar-refractivity contribution in [3.05, 3.63) is 65.0 Å². The fourth-order valence-electron chi connectivity index (χ4n) is 3.40. The van der Waals surface area contributed by atoms with Crippen molar-refractivity contribution in [2.75, 3.05) is 11.9 Å². The second-order valence-corrected chi connectivity index (χ2v) is 7.24. The number of nitrogens with one attached hydrogen (secondary N) is 1. The molecule has 1 N–H and O–H groups in total. The topological polar surface area (TPSA) is 71.3 Å². The number of likely N-dealkylation sites (tertiary alicyclic amines) is 1. The van der Waals surface area contributed by atoms with Crippen molar-refractivity contribution in [1.82, 2.24) is 15.0 Å². The number of carbonyl (C=O) groups excluding carboxylic acids is 1. The van der Waals surface area contributed by atoms with Gasteiger partial charge in [0.25, 0.3) is 0 Å². The van der Waals surface area contributed by atoms with E-state index in [0.717, 1.165) is 30.5 Å². The Morgan fingerprint density at radius 1 is 1.29 bits per heavy atom. The smallest absolute Gasteiger partial charge is 0.322 e. The predicted molar refractivity (Wildman–Crippen MR) is 108 cm³/mol. The molecule has 28 heavy (non-hydrogen) atoms. The zero-order valence-corrected chi connectivity index (χ0v) is 16.3. The Morgan fingerprint density at radius 2 is 2.11 bits per heavy atom. The van der Waals surface area contributed by atoms with Gasteiger partial charge in [-0.3, -0.25) is 0 Å². The molecule has 2 amide bonds. The van der Waals surface area contributed by atoms with E-state index in [2.05, 4.69) is 22.4 Å². The van der Waals surface area contributed by atoms with Crippen LogP contribution in [0.5, 0.6) is 0 Å². The summed E-state index contributed by atoms with van der Waals surface area (Å²) >= 11 is 6.04. The molecule has 0 radical (unpaired) electrons. The summed E-state index contributed by atoms with van der Waals surface area (Å²) in [4.78, 5) is 19.0. The molecule has 1 atom stereocenters. The summed E-state index contributed by atoms with van der Waals surface area (Å²) in [6, 6.07) is 14.8. The third-order valence-electron chi connectivity index (χ3n) is 4.94. The Kier molecular flexibility index (Phi) is 5.30. The number of hydrogen-bond donors (Lipinski definition) is 1. The lowest BCUT2D eigenvalue weighted by molar-refractivity contribution is 0.193. The summed E-state index contributed by atoms with van der Waals surface area (Å²) in [7, 11) is 0. The van der Waals surface area contributed by atoms with Crippen molar-refractivity contribution in [2.45, 2.75) is 32.2 Å². The average molecular weight is 397 g/mol. The Hall–Kier alpha value is -2.86. The molecule has 1 aliphatic rings. The first kappa shape index (κ1) is 18.5. The average Bonchev–Trinajstić information content (AvgIpc) is 3.38. The molecule has 3 aromatic rings. The van der Waals surface area contributed by atoms with Crippen molar-refractivity contribution >= 4 is 23.3 Å². The van der Waals surface area contributed by atoms with E-state index in [4.69, 9.17) is 16.1 Å². The number of rotatable bonds is 4. The van der Waals surface area contributed by atoms with E-state index in [1.54, 1.807) is 17.0 Å². The fourth-order valence-corrected chi connectivity index (χ4v) is 3.59. The van der Waals surface area contributed by atoms with Crippen LogP contribution in [-0.4, -0.2) is 27.6 Å². The molecule has 1 fully saturated rings. The number of aromatic nitrogens is 2. The third-order valence-corrected chi connectivity index (χ3v) is 5.17. The lowest BCUT2D eigenvalue weighted by Crippen LogP contribution is -2.34. The number of anilines is 1. The van der Waals surface area contributed by atoms with Crippen molar-refractivity contribution in [3.8, 4) is 11.4 Å². The van der Waals surface area contributed by atoms with Crippen LogP contribution in [0.15, 0.2) is 53.1 Å². The van der Waals surface area contributed by atoms with Gasteiger partial charge in [0.1, 0.15) is 6.04 Å². The molecule has 0 saturated carbocycles. The van der Waals surface area contributed by atoms with E-state index in [1.165, 1.54) is 5.56 Å². The first-order valence-electron chi connectivity index (χ1n) is 9.40. The molecule has 1 aliphatic heterocycles. The number of amides is 2.